The highest BCUT2D eigenvalue weighted by atomic mass is 32.2. The molecule has 2 aliphatic rings. The zero-order valence-electron chi connectivity index (χ0n) is 18.0. The Kier molecular flexibility index (Phi) is 6.43. The van der Waals surface area contributed by atoms with Gasteiger partial charge in [0.1, 0.15) is 12.3 Å². The van der Waals surface area contributed by atoms with Crippen LogP contribution in [0.2, 0.25) is 0 Å². The number of carbonyl (C=O) groups excluding carboxylic acids is 1. The molecular weight excluding hydrogens is 454 g/mol. The van der Waals surface area contributed by atoms with Gasteiger partial charge in [-0.3, -0.25) is 4.90 Å². The molecule has 2 aromatic rings. The number of hydrogen-bond donors (Lipinski definition) is 2. The molecule has 2 fully saturated rings. The summed E-state index contributed by atoms with van der Waals surface area (Å²) in [6.07, 6.45) is -3.95. The first-order valence-corrected chi connectivity index (χ1v) is 12.6. The Hall–Kier alpha value is -2.56. The lowest BCUT2D eigenvalue weighted by molar-refractivity contribution is 0.0531. The number of nitrogens with one attached hydrogen (secondary N) is 1. The van der Waals surface area contributed by atoms with Gasteiger partial charge in [-0.15, -0.1) is 0 Å². The second-order valence-electron chi connectivity index (χ2n) is 8.60. The molecule has 0 bridgehead atoms. The second-order valence-corrected chi connectivity index (χ2v) is 10.7. The molecule has 10 heteroatoms. The maximum atomic E-state index is 15.4. The molecule has 2 aromatic carbocycles. The van der Waals surface area contributed by atoms with Gasteiger partial charge in [-0.05, 0) is 29.7 Å². The summed E-state index contributed by atoms with van der Waals surface area (Å²) in [6, 6.07) is 15.5. The number of cyclic esters (lactones) is 1. The lowest BCUT2D eigenvalue weighted by Crippen LogP contribution is -2.59. The lowest BCUT2D eigenvalue weighted by atomic mass is 9.67. The van der Waals surface area contributed by atoms with E-state index >= 15 is 8.78 Å². The van der Waals surface area contributed by atoms with Crippen molar-refractivity contribution in [2.24, 2.45) is 0 Å². The van der Waals surface area contributed by atoms with Crippen LogP contribution in [-0.2, 0) is 26.4 Å². The van der Waals surface area contributed by atoms with Crippen molar-refractivity contribution in [2.75, 3.05) is 30.8 Å². The number of carbonyl (C=O) groups is 1. The molecule has 178 valence electrons. The van der Waals surface area contributed by atoms with E-state index < -0.39 is 45.2 Å². The molecule has 33 heavy (non-hydrogen) atoms. The zero-order valence-corrected chi connectivity index (χ0v) is 18.8. The minimum Gasteiger partial charge on any atom is -0.440 e. The van der Waals surface area contributed by atoms with Crippen LogP contribution in [0.25, 0.3) is 0 Å². The van der Waals surface area contributed by atoms with Gasteiger partial charge in [0.05, 0.1) is 12.0 Å². The molecule has 4 atom stereocenters. The SMILES string of the molecule is CS(=O)(=O)C(O)[C@H]1CN(c2ccc(C3(Cc4ccccc4)C(F)CNCC3F)cc2)C(=O)O1. The van der Waals surface area contributed by atoms with E-state index in [1.807, 2.05) is 30.3 Å². The summed E-state index contributed by atoms with van der Waals surface area (Å²) in [6.45, 7) is -0.111. The third kappa shape index (κ3) is 4.47. The number of aliphatic hydroxyl groups excluding tert-OH is 1. The van der Waals surface area contributed by atoms with Crippen molar-refractivity contribution in [1.29, 1.82) is 0 Å². The maximum Gasteiger partial charge on any atom is 0.414 e. The zero-order chi connectivity index (χ0) is 23.8. The summed E-state index contributed by atoms with van der Waals surface area (Å²) in [7, 11) is -3.82. The van der Waals surface area contributed by atoms with E-state index in [4.69, 9.17) is 4.74 Å². The Bertz CT molecular complexity index is 1090. The summed E-state index contributed by atoms with van der Waals surface area (Å²) >= 11 is 0. The van der Waals surface area contributed by atoms with Gasteiger partial charge in [0.2, 0.25) is 0 Å². The van der Waals surface area contributed by atoms with Gasteiger partial charge < -0.3 is 15.2 Å². The number of nitrogens with zero attached hydrogens (tertiary/aromatic N) is 1. The highest BCUT2D eigenvalue weighted by Gasteiger charge is 2.50. The molecule has 3 unspecified atom stereocenters. The summed E-state index contributed by atoms with van der Waals surface area (Å²) < 4.78 is 59.0. The largest absolute Gasteiger partial charge is 0.440 e. The average Bonchev–Trinajstić information content (AvgIpc) is 3.17. The Balaban J connectivity index is 1.63. The van der Waals surface area contributed by atoms with Crippen molar-refractivity contribution in [2.45, 2.75) is 35.7 Å². The van der Waals surface area contributed by atoms with Crippen LogP contribution < -0.4 is 10.2 Å². The van der Waals surface area contributed by atoms with Gasteiger partial charge in [0, 0.05) is 25.0 Å². The van der Waals surface area contributed by atoms with Crippen molar-refractivity contribution >= 4 is 21.6 Å². The minimum atomic E-state index is -3.82. The van der Waals surface area contributed by atoms with Gasteiger partial charge in [0.15, 0.2) is 21.4 Å². The third-order valence-electron chi connectivity index (χ3n) is 6.41. The molecule has 2 N–H and O–H groups in total. The van der Waals surface area contributed by atoms with Crippen molar-refractivity contribution in [3.05, 3.63) is 65.7 Å². The Morgan fingerprint density at radius 2 is 1.73 bits per heavy atom. The van der Waals surface area contributed by atoms with Crippen LogP contribution >= 0.6 is 0 Å². The topological polar surface area (TPSA) is 95.9 Å². The number of benzene rings is 2. The van der Waals surface area contributed by atoms with Crippen molar-refractivity contribution in [3.8, 4) is 0 Å². The van der Waals surface area contributed by atoms with Crippen LogP contribution in [0.3, 0.4) is 0 Å². The number of piperidine rings is 1. The number of hydrogen-bond acceptors (Lipinski definition) is 6. The van der Waals surface area contributed by atoms with E-state index in [-0.39, 0.29) is 26.1 Å². The van der Waals surface area contributed by atoms with Gasteiger partial charge in [0.25, 0.3) is 0 Å². The Morgan fingerprint density at radius 1 is 1.12 bits per heavy atom. The highest BCUT2D eigenvalue weighted by Crippen LogP contribution is 2.41. The molecule has 2 saturated heterocycles. The van der Waals surface area contributed by atoms with Gasteiger partial charge in [-0.25, -0.2) is 22.0 Å². The summed E-state index contributed by atoms with van der Waals surface area (Å²) in [4.78, 5) is 13.5. The number of sulfone groups is 1. The maximum absolute atomic E-state index is 15.4. The Morgan fingerprint density at radius 3 is 2.30 bits per heavy atom. The highest BCUT2D eigenvalue weighted by molar-refractivity contribution is 7.91. The molecule has 1 amide bonds. The van der Waals surface area contributed by atoms with Crippen LogP contribution in [0.15, 0.2) is 54.6 Å². The first kappa shape index (κ1) is 23.6. The van der Waals surface area contributed by atoms with Crippen molar-refractivity contribution in [3.63, 3.8) is 0 Å². The summed E-state index contributed by atoms with van der Waals surface area (Å²) in [5, 5.41) is 12.7. The van der Waals surface area contributed by atoms with Gasteiger partial charge in [-0.1, -0.05) is 42.5 Å². The van der Waals surface area contributed by atoms with Crippen LogP contribution in [0.4, 0.5) is 19.3 Å². The molecule has 0 saturated carbocycles. The molecule has 7 nitrogen and oxygen atoms in total. The van der Waals surface area contributed by atoms with E-state index in [2.05, 4.69) is 5.32 Å². The molecule has 0 aromatic heterocycles. The Labute approximate surface area is 191 Å². The molecule has 4 rings (SSSR count). The van der Waals surface area contributed by atoms with E-state index in [0.29, 0.717) is 11.3 Å². The number of halogens is 2. The van der Waals surface area contributed by atoms with Gasteiger partial charge >= 0.3 is 6.09 Å². The van der Waals surface area contributed by atoms with Crippen LogP contribution in [0.5, 0.6) is 0 Å². The standard InChI is InChI=1S/C23H26F2N2O5S/c1-33(30,31)21(28)18-14-27(22(29)32-18)17-9-7-16(8-10-17)23(11-15-5-3-2-4-6-15)19(24)12-26-13-20(23)25/h2-10,18-21,26,28H,11-14H2,1H3/t18-,19?,20?,21?,23?/m1/s1. The molecular formula is C23H26F2N2O5S. The molecule has 2 heterocycles. The molecule has 0 radical (unpaired) electrons. The third-order valence-corrected chi connectivity index (χ3v) is 7.59. The average molecular weight is 481 g/mol. The van der Waals surface area contributed by atoms with Crippen LogP contribution in [0, 0.1) is 0 Å². The fourth-order valence-corrected chi connectivity index (χ4v) is 5.28. The van der Waals surface area contributed by atoms with Gasteiger partial charge in [-0.2, -0.15) is 0 Å². The predicted octanol–water partition coefficient (Wildman–Crippen LogP) is 2.13. The van der Waals surface area contributed by atoms with E-state index in [1.165, 1.54) is 4.90 Å². The smallest absolute Gasteiger partial charge is 0.414 e. The van der Waals surface area contributed by atoms with E-state index in [1.54, 1.807) is 24.3 Å². The first-order chi connectivity index (χ1) is 15.6. The van der Waals surface area contributed by atoms with E-state index in [9.17, 15) is 18.3 Å². The number of anilines is 1. The summed E-state index contributed by atoms with van der Waals surface area (Å²) in [5.74, 6) is 0. The monoisotopic (exact) mass is 480 g/mol. The fraction of sp³-hybridized carbons (Fsp3) is 0.435. The van der Waals surface area contributed by atoms with Crippen molar-refractivity contribution < 1.29 is 31.8 Å². The van der Waals surface area contributed by atoms with E-state index in [0.717, 1.165) is 11.8 Å². The second kappa shape index (κ2) is 9.00. The predicted molar refractivity (Wildman–Crippen MR) is 119 cm³/mol. The molecule has 0 aliphatic carbocycles. The molecule has 2 aliphatic heterocycles. The normalized spacial score (nSPS) is 29.0. The number of alkyl halides is 2. The van der Waals surface area contributed by atoms with Crippen molar-refractivity contribution in [1.82, 2.24) is 5.32 Å². The number of ether oxygens (including phenoxy) is 1. The van der Waals surface area contributed by atoms with Crippen LogP contribution in [0.1, 0.15) is 11.1 Å². The quantitative estimate of drug-likeness (QED) is 0.658. The number of rotatable bonds is 6. The lowest BCUT2D eigenvalue weighted by Gasteiger charge is -2.44. The fourth-order valence-electron chi connectivity index (χ4n) is 4.59. The summed E-state index contributed by atoms with van der Waals surface area (Å²) in [5.41, 5.74) is -1.58. The number of amides is 1. The minimum absolute atomic E-state index is 0.0263. The van der Waals surface area contributed by atoms with Crippen LogP contribution in [-0.4, -0.2) is 69.4 Å². The first-order valence-electron chi connectivity index (χ1n) is 10.6. The molecule has 0 spiro atoms. The number of aliphatic hydroxyl groups is 1.